The first-order chi connectivity index (χ1) is 15.0. The van der Waals surface area contributed by atoms with Crippen LogP contribution in [0.1, 0.15) is 37.7 Å². The Kier molecular flexibility index (Phi) is 5.79. The first-order valence-corrected chi connectivity index (χ1v) is 10.6. The first kappa shape index (κ1) is 20.7. The number of carbonyl (C=O) groups excluding carboxylic acids is 3. The summed E-state index contributed by atoms with van der Waals surface area (Å²) < 4.78 is 0. The predicted octanol–water partition coefficient (Wildman–Crippen LogP) is 1.17. The van der Waals surface area contributed by atoms with Crippen molar-refractivity contribution in [1.82, 2.24) is 15.1 Å². The Balaban J connectivity index is 1.40. The van der Waals surface area contributed by atoms with Gasteiger partial charge in [-0.25, -0.2) is 0 Å². The number of nitrogens with two attached hydrogens (primary N) is 2. The second-order valence-electron chi connectivity index (χ2n) is 8.08. The summed E-state index contributed by atoms with van der Waals surface area (Å²) in [7, 11) is 0. The minimum atomic E-state index is -0.350. The molecule has 4 rings (SSSR count). The molecule has 2 aliphatic heterocycles. The summed E-state index contributed by atoms with van der Waals surface area (Å²) in [5.41, 5.74) is 14.2. The van der Waals surface area contributed by atoms with Gasteiger partial charge >= 0.3 is 0 Å². The van der Waals surface area contributed by atoms with Crippen LogP contribution in [0, 0.1) is 0 Å². The molecule has 0 radical (unpaired) electrons. The smallest absolute Gasteiger partial charge is 0.277 e. The van der Waals surface area contributed by atoms with Gasteiger partial charge in [0, 0.05) is 23.9 Å². The summed E-state index contributed by atoms with van der Waals surface area (Å²) in [5.74, 6) is -0.647. The molecule has 0 unspecified atom stereocenters. The van der Waals surface area contributed by atoms with E-state index in [-0.39, 0.29) is 36.1 Å². The molecule has 1 saturated carbocycles. The average molecular weight is 422 g/mol. The van der Waals surface area contributed by atoms with E-state index < -0.39 is 0 Å². The lowest BCUT2D eigenvalue weighted by Gasteiger charge is -2.34. The molecule has 3 aliphatic rings. The third-order valence-electron chi connectivity index (χ3n) is 5.96. The van der Waals surface area contributed by atoms with Crippen LogP contribution >= 0.6 is 0 Å². The second-order valence-corrected chi connectivity index (χ2v) is 8.08. The van der Waals surface area contributed by atoms with E-state index in [1.165, 1.54) is 11.0 Å². The van der Waals surface area contributed by atoms with Gasteiger partial charge in [-0.15, -0.1) is 0 Å². The third-order valence-corrected chi connectivity index (χ3v) is 5.96. The molecule has 0 atom stereocenters. The van der Waals surface area contributed by atoms with Crippen molar-refractivity contribution in [3.05, 3.63) is 65.1 Å². The van der Waals surface area contributed by atoms with Crippen LogP contribution < -0.4 is 16.8 Å². The van der Waals surface area contributed by atoms with E-state index in [1.54, 1.807) is 11.0 Å². The van der Waals surface area contributed by atoms with Gasteiger partial charge in [0.25, 0.3) is 11.8 Å². The van der Waals surface area contributed by atoms with Gasteiger partial charge < -0.3 is 21.7 Å². The zero-order valence-electron chi connectivity index (χ0n) is 17.3. The normalized spacial score (nSPS) is 20.1. The maximum atomic E-state index is 12.9. The highest BCUT2D eigenvalue weighted by molar-refractivity contribution is 6.19. The predicted molar refractivity (Wildman–Crippen MR) is 116 cm³/mol. The van der Waals surface area contributed by atoms with Crippen LogP contribution in [-0.4, -0.2) is 46.7 Å². The van der Waals surface area contributed by atoms with Gasteiger partial charge in [0.15, 0.2) is 0 Å². The van der Waals surface area contributed by atoms with Crippen molar-refractivity contribution in [2.45, 2.75) is 38.1 Å². The molecule has 1 aromatic rings. The fraction of sp³-hybridized carbons (Fsp3) is 0.348. The molecule has 162 valence electrons. The number of nitrogens with zero attached hydrogens (tertiary/aromatic N) is 2. The van der Waals surface area contributed by atoms with Crippen LogP contribution in [0.3, 0.4) is 0 Å². The summed E-state index contributed by atoms with van der Waals surface area (Å²) in [6.07, 6.45) is 7.22. The van der Waals surface area contributed by atoms with Gasteiger partial charge in [0.05, 0.1) is 6.54 Å². The van der Waals surface area contributed by atoms with Crippen molar-refractivity contribution in [2.24, 2.45) is 11.5 Å². The number of hydrogen-bond acceptors (Lipinski definition) is 6. The molecular formula is C23H27N5O3. The van der Waals surface area contributed by atoms with Crippen LogP contribution in [0.5, 0.6) is 0 Å². The van der Waals surface area contributed by atoms with Crippen LogP contribution in [0.2, 0.25) is 0 Å². The number of amides is 3. The van der Waals surface area contributed by atoms with E-state index in [9.17, 15) is 14.4 Å². The molecule has 0 spiro atoms. The molecular weight excluding hydrogens is 394 g/mol. The van der Waals surface area contributed by atoms with Crippen LogP contribution in [0.25, 0.3) is 5.70 Å². The highest BCUT2D eigenvalue weighted by Gasteiger charge is 2.46. The summed E-state index contributed by atoms with van der Waals surface area (Å²) in [6, 6.07) is 9.42. The summed E-state index contributed by atoms with van der Waals surface area (Å²) >= 11 is 0. The van der Waals surface area contributed by atoms with E-state index in [0.717, 1.165) is 31.2 Å². The van der Waals surface area contributed by atoms with Crippen molar-refractivity contribution < 1.29 is 14.4 Å². The number of hydrogen-bond donors (Lipinski definition) is 3. The Hall–Kier alpha value is -3.55. The lowest BCUT2D eigenvalue weighted by atomic mass is 9.91. The lowest BCUT2D eigenvalue weighted by molar-refractivity contribution is -0.142. The minimum Gasteiger partial charge on any atom is -0.398 e. The Morgan fingerprint density at radius 3 is 2.48 bits per heavy atom. The molecule has 8 nitrogen and oxygen atoms in total. The Bertz CT molecular complexity index is 992. The van der Waals surface area contributed by atoms with Gasteiger partial charge in [-0.3, -0.25) is 19.3 Å². The Morgan fingerprint density at radius 2 is 1.81 bits per heavy atom. The van der Waals surface area contributed by atoms with Crippen LogP contribution in [0.4, 0.5) is 0 Å². The maximum absolute atomic E-state index is 12.9. The van der Waals surface area contributed by atoms with Crippen molar-refractivity contribution in [1.29, 1.82) is 0 Å². The van der Waals surface area contributed by atoms with Gasteiger partial charge in [0.2, 0.25) is 5.91 Å². The van der Waals surface area contributed by atoms with Gasteiger partial charge in [-0.1, -0.05) is 30.3 Å². The van der Waals surface area contributed by atoms with E-state index in [0.29, 0.717) is 29.9 Å². The molecule has 0 aromatic heterocycles. The number of benzene rings is 1. The topological polar surface area (TPSA) is 122 Å². The Labute approximate surface area is 181 Å². The van der Waals surface area contributed by atoms with E-state index >= 15 is 0 Å². The molecule has 8 heteroatoms. The van der Waals surface area contributed by atoms with E-state index in [1.807, 2.05) is 30.3 Å². The summed E-state index contributed by atoms with van der Waals surface area (Å²) in [5, 5.41) is 2.62. The highest BCUT2D eigenvalue weighted by Crippen LogP contribution is 2.36. The minimum absolute atomic E-state index is 0.00159. The average Bonchev–Trinajstić information content (AvgIpc) is 2.97. The largest absolute Gasteiger partial charge is 0.398 e. The molecule has 5 N–H and O–H groups in total. The quantitative estimate of drug-likeness (QED) is 0.468. The molecule has 3 amide bonds. The van der Waals surface area contributed by atoms with Gasteiger partial charge in [0.1, 0.15) is 11.5 Å². The van der Waals surface area contributed by atoms with Crippen molar-refractivity contribution in [3.8, 4) is 0 Å². The highest BCUT2D eigenvalue weighted by atomic mass is 16.2. The standard InChI is InChI=1S/C23H27N5O3/c24-18(15-6-2-1-3-7-15)11-12-19(25)26-20(29)14-27-13-5-10-17-21(27)23(31)28(22(17)30)16-8-4-9-16/h1-3,6-7,11-12,16H,4-5,8-10,13-14,24-25H2,(H,26,29)/b18-11-,19-12+. The molecule has 1 aromatic carbocycles. The molecule has 1 fully saturated rings. The van der Waals surface area contributed by atoms with Crippen LogP contribution in [0.15, 0.2) is 59.6 Å². The SMILES string of the molecule is N/C(=C\C=C(/N)NC(=O)CN1CCCC2=C1C(=O)N(C1CCC1)C2=O)c1ccccc1. The van der Waals surface area contributed by atoms with Gasteiger partial charge in [-0.2, -0.15) is 0 Å². The third kappa shape index (κ3) is 4.19. The van der Waals surface area contributed by atoms with Gasteiger partial charge in [-0.05, 0) is 49.8 Å². The number of carbonyl (C=O) groups is 3. The van der Waals surface area contributed by atoms with E-state index in [2.05, 4.69) is 5.32 Å². The molecule has 31 heavy (non-hydrogen) atoms. The first-order valence-electron chi connectivity index (χ1n) is 10.6. The second kappa shape index (κ2) is 8.67. The number of imide groups is 1. The molecule has 1 aliphatic carbocycles. The lowest BCUT2D eigenvalue weighted by Crippen LogP contribution is -2.46. The monoisotopic (exact) mass is 421 g/mol. The zero-order chi connectivity index (χ0) is 22.0. The fourth-order valence-corrected chi connectivity index (χ4v) is 4.15. The molecule has 0 saturated heterocycles. The number of rotatable bonds is 6. The molecule has 2 heterocycles. The van der Waals surface area contributed by atoms with Crippen molar-refractivity contribution in [2.75, 3.05) is 13.1 Å². The fourth-order valence-electron chi connectivity index (χ4n) is 4.15. The van der Waals surface area contributed by atoms with Crippen molar-refractivity contribution >= 4 is 23.4 Å². The number of allylic oxidation sites excluding steroid dienone is 2. The summed E-state index contributed by atoms with van der Waals surface area (Å²) in [4.78, 5) is 41.3. The zero-order valence-corrected chi connectivity index (χ0v) is 17.3. The Morgan fingerprint density at radius 1 is 1.06 bits per heavy atom. The maximum Gasteiger partial charge on any atom is 0.277 e. The van der Waals surface area contributed by atoms with Crippen LogP contribution in [-0.2, 0) is 14.4 Å². The van der Waals surface area contributed by atoms with Crippen molar-refractivity contribution in [3.63, 3.8) is 0 Å². The number of nitrogens with one attached hydrogen (secondary N) is 1. The summed E-state index contributed by atoms with van der Waals surface area (Å²) in [6.45, 7) is 0.511. The molecule has 0 bridgehead atoms. The van der Waals surface area contributed by atoms with E-state index in [4.69, 9.17) is 11.5 Å².